The molecular formula is C14H19NO4. The molecule has 1 aromatic heterocycles. The summed E-state index contributed by atoms with van der Waals surface area (Å²) in [6.45, 7) is 2.17. The third-order valence-corrected chi connectivity index (χ3v) is 4.17. The molecule has 2 aliphatic heterocycles. The van der Waals surface area contributed by atoms with Gasteiger partial charge in [-0.3, -0.25) is 4.79 Å². The van der Waals surface area contributed by atoms with E-state index in [1.54, 1.807) is 12.1 Å². The highest BCUT2D eigenvalue weighted by Gasteiger charge is 2.45. The Morgan fingerprint density at radius 3 is 2.95 bits per heavy atom. The third kappa shape index (κ3) is 2.12. The number of likely N-dealkylation sites (tertiary alicyclic amines) is 1. The number of carbonyl (C=O) groups is 1. The van der Waals surface area contributed by atoms with Crippen LogP contribution in [0.25, 0.3) is 0 Å². The van der Waals surface area contributed by atoms with Gasteiger partial charge in [0.2, 0.25) is 0 Å². The number of carbonyl (C=O) groups excluding carboxylic acids is 1. The van der Waals surface area contributed by atoms with Crippen LogP contribution in [0.2, 0.25) is 0 Å². The standard InChI is InChI=1S/C14H19NO4/c1-17-12-5-4-11(19-12)13(16)15-8-3-2-6-14(15)7-9-18-10-14/h4-5H,2-3,6-10H2,1H3/t14-/m0/s1. The predicted octanol–water partition coefficient (Wildman–Crippen LogP) is 2.07. The largest absolute Gasteiger partial charge is 0.468 e. The summed E-state index contributed by atoms with van der Waals surface area (Å²) in [6, 6.07) is 3.36. The topological polar surface area (TPSA) is 51.9 Å². The summed E-state index contributed by atoms with van der Waals surface area (Å²) in [6.07, 6.45) is 4.16. The maximum Gasteiger partial charge on any atom is 0.290 e. The molecule has 5 heteroatoms. The van der Waals surface area contributed by atoms with E-state index in [-0.39, 0.29) is 11.4 Å². The van der Waals surface area contributed by atoms with Crippen LogP contribution >= 0.6 is 0 Å². The molecule has 1 atom stereocenters. The van der Waals surface area contributed by atoms with Crippen LogP contribution in [-0.2, 0) is 4.74 Å². The molecule has 104 valence electrons. The molecule has 0 bridgehead atoms. The van der Waals surface area contributed by atoms with Crippen LogP contribution in [0.1, 0.15) is 36.2 Å². The smallest absolute Gasteiger partial charge is 0.290 e. The van der Waals surface area contributed by atoms with Gasteiger partial charge in [0.25, 0.3) is 11.9 Å². The molecule has 3 heterocycles. The average molecular weight is 265 g/mol. The van der Waals surface area contributed by atoms with Crippen molar-refractivity contribution in [3.63, 3.8) is 0 Å². The van der Waals surface area contributed by atoms with Gasteiger partial charge in [-0.05, 0) is 31.7 Å². The molecule has 0 saturated carbocycles. The van der Waals surface area contributed by atoms with Gasteiger partial charge in [0.15, 0.2) is 5.76 Å². The number of hydrogen-bond donors (Lipinski definition) is 0. The van der Waals surface area contributed by atoms with Gasteiger partial charge < -0.3 is 18.8 Å². The maximum absolute atomic E-state index is 12.6. The van der Waals surface area contributed by atoms with E-state index in [0.29, 0.717) is 18.3 Å². The monoisotopic (exact) mass is 265 g/mol. The summed E-state index contributed by atoms with van der Waals surface area (Å²) in [7, 11) is 1.53. The summed E-state index contributed by atoms with van der Waals surface area (Å²) >= 11 is 0. The Kier molecular flexibility index (Phi) is 3.22. The van der Waals surface area contributed by atoms with Gasteiger partial charge in [0.1, 0.15) is 0 Å². The van der Waals surface area contributed by atoms with Crippen LogP contribution in [0.4, 0.5) is 0 Å². The van der Waals surface area contributed by atoms with E-state index in [4.69, 9.17) is 13.9 Å². The Morgan fingerprint density at radius 1 is 1.37 bits per heavy atom. The summed E-state index contributed by atoms with van der Waals surface area (Å²) in [5.74, 6) is 0.676. The van der Waals surface area contributed by atoms with Crippen LogP contribution in [-0.4, -0.2) is 43.2 Å². The first kappa shape index (κ1) is 12.5. The summed E-state index contributed by atoms with van der Waals surface area (Å²) in [4.78, 5) is 14.6. The first-order valence-electron chi connectivity index (χ1n) is 6.79. The number of ether oxygens (including phenoxy) is 2. The number of methoxy groups -OCH3 is 1. The fraction of sp³-hybridized carbons (Fsp3) is 0.643. The Hall–Kier alpha value is -1.49. The van der Waals surface area contributed by atoms with Crippen LogP contribution in [0.3, 0.4) is 0 Å². The van der Waals surface area contributed by atoms with E-state index >= 15 is 0 Å². The van der Waals surface area contributed by atoms with Crippen molar-refractivity contribution in [2.75, 3.05) is 26.9 Å². The molecule has 2 saturated heterocycles. The molecule has 1 spiro atoms. The third-order valence-electron chi connectivity index (χ3n) is 4.17. The maximum atomic E-state index is 12.6. The van der Waals surface area contributed by atoms with Crippen LogP contribution < -0.4 is 4.74 Å². The predicted molar refractivity (Wildman–Crippen MR) is 68.3 cm³/mol. The highest BCUT2D eigenvalue weighted by Crippen LogP contribution is 2.36. The molecule has 0 unspecified atom stereocenters. The van der Waals surface area contributed by atoms with Crippen molar-refractivity contribution in [1.29, 1.82) is 0 Å². The lowest BCUT2D eigenvalue weighted by molar-refractivity contribution is 0.0226. The van der Waals surface area contributed by atoms with Crippen molar-refractivity contribution >= 4 is 5.91 Å². The molecule has 0 aromatic carbocycles. The molecule has 5 nitrogen and oxygen atoms in total. The zero-order chi connectivity index (χ0) is 13.3. The van der Waals surface area contributed by atoms with Crippen LogP contribution in [0, 0.1) is 0 Å². The van der Waals surface area contributed by atoms with E-state index in [9.17, 15) is 4.79 Å². The zero-order valence-corrected chi connectivity index (χ0v) is 11.2. The molecule has 19 heavy (non-hydrogen) atoms. The molecular weight excluding hydrogens is 246 g/mol. The molecule has 0 radical (unpaired) electrons. The second kappa shape index (κ2) is 4.89. The van der Waals surface area contributed by atoms with Crippen molar-refractivity contribution in [3.8, 4) is 5.95 Å². The lowest BCUT2D eigenvalue weighted by Crippen LogP contribution is -2.55. The molecule has 1 aromatic rings. The first-order chi connectivity index (χ1) is 9.25. The Labute approximate surface area is 112 Å². The second-order valence-corrected chi connectivity index (χ2v) is 5.26. The van der Waals surface area contributed by atoms with E-state index in [1.807, 2.05) is 4.90 Å². The van der Waals surface area contributed by atoms with E-state index < -0.39 is 0 Å². The summed E-state index contributed by atoms with van der Waals surface area (Å²) in [5, 5.41) is 0. The number of furan rings is 1. The number of amides is 1. The number of nitrogens with zero attached hydrogens (tertiary/aromatic N) is 1. The van der Waals surface area contributed by atoms with Gasteiger partial charge in [0, 0.05) is 19.2 Å². The highest BCUT2D eigenvalue weighted by molar-refractivity contribution is 5.92. The lowest BCUT2D eigenvalue weighted by atomic mass is 9.85. The fourth-order valence-electron chi connectivity index (χ4n) is 3.10. The Bertz CT molecular complexity index is 462. The SMILES string of the molecule is COc1ccc(C(=O)N2CCCC[C@@]23CCOC3)o1. The minimum Gasteiger partial charge on any atom is -0.468 e. The first-order valence-corrected chi connectivity index (χ1v) is 6.79. The number of hydrogen-bond acceptors (Lipinski definition) is 4. The second-order valence-electron chi connectivity index (χ2n) is 5.26. The Balaban J connectivity index is 1.84. The Morgan fingerprint density at radius 2 is 2.26 bits per heavy atom. The van der Waals surface area contributed by atoms with Gasteiger partial charge in [-0.1, -0.05) is 0 Å². The minimum absolute atomic E-state index is 0.0477. The van der Waals surface area contributed by atoms with E-state index in [1.165, 1.54) is 7.11 Å². The fourth-order valence-corrected chi connectivity index (χ4v) is 3.10. The van der Waals surface area contributed by atoms with Crippen LogP contribution in [0.15, 0.2) is 16.5 Å². The van der Waals surface area contributed by atoms with Crippen molar-refractivity contribution in [3.05, 3.63) is 17.9 Å². The number of rotatable bonds is 2. The van der Waals surface area contributed by atoms with Gasteiger partial charge >= 0.3 is 0 Å². The van der Waals surface area contributed by atoms with Crippen molar-refractivity contribution in [2.24, 2.45) is 0 Å². The lowest BCUT2D eigenvalue weighted by Gasteiger charge is -2.43. The van der Waals surface area contributed by atoms with Gasteiger partial charge in [-0.2, -0.15) is 0 Å². The quantitative estimate of drug-likeness (QED) is 0.821. The van der Waals surface area contributed by atoms with E-state index in [2.05, 4.69) is 0 Å². The van der Waals surface area contributed by atoms with E-state index in [0.717, 1.165) is 38.8 Å². The molecule has 1 amide bonds. The molecule has 2 fully saturated rings. The summed E-state index contributed by atoms with van der Waals surface area (Å²) in [5.41, 5.74) is -0.116. The molecule has 0 aliphatic carbocycles. The normalized spacial score (nSPS) is 26.9. The van der Waals surface area contributed by atoms with Gasteiger partial charge in [-0.25, -0.2) is 0 Å². The molecule has 0 N–H and O–H groups in total. The summed E-state index contributed by atoms with van der Waals surface area (Å²) < 4.78 is 15.9. The number of piperidine rings is 1. The van der Waals surface area contributed by atoms with Gasteiger partial charge in [0.05, 0.1) is 19.3 Å². The molecule has 2 aliphatic rings. The van der Waals surface area contributed by atoms with Crippen molar-refractivity contribution in [1.82, 2.24) is 4.90 Å². The highest BCUT2D eigenvalue weighted by atomic mass is 16.6. The molecule has 3 rings (SSSR count). The minimum atomic E-state index is -0.116. The van der Waals surface area contributed by atoms with Crippen molar-refractivity contribution < 1.29 is 18.7 Å². The van der Waals surface area contributed by atoms with Crippen LogP contribution in [0.5, 0.6) is 5.95 Å². The zero-order valence-electron chi connectivity index (χ0n) is 11.2. The van der Waals surface area contributed by atoms with Crippen molar-refractivity contribution in [2.45, 2.75) is 31.2 Å². The average Bonchev–Trinajstić information content (AvgIpc) is 3.08. The van der Waals surface area contributed by atoms with Gasteiger partial charge in [-0.15, -0.1) is 0 Å².